The Kier molecular flexibility index (Phi) is 11.3. The SMILES string of the molecule is CCN(c1cc(Cl)cc(C(=O)NC/C(C(N)=O)=C(\C)NC)c1C)C1CCC(N(C)CCOC)CC1. The van der Waals surface area contributed by atoms with Crippen LogP contribution in [0.25, 0.3) is 0 Å². The molecule has 0 spiro atoms. The lowest BCUT2D eigenvalue weighted by atomic mass is 9.88. The van der Waals surface area contributed by atoms with Crippen molar-refractivity contribution < 1.29 is 14.3 Å². The molecular formula is C26H42ClN5O3. The van der Waals surface area contributed by atoms with E-state index in [2.05, 4.69) is 34.4 Å². The molecule has 1 aliphatic carbocycles. The molecule has 0 saturated heterocycles. The van der Waals surface area contributed by atoms with Crippen molar-refractivity contribution in [1.82, 2.24) is 15.5 Å². The maximum Gasteiger partial charge on any atom is 0.251 e. The normalized spacial score (nSPS) is 18.7. The highest BCUT2D eigenvalue weighted by atomic mass is 35.5. The Hall–Kier alpha value is -2.29. The number of hydrogen-bond donors (Lipinski definition) is 3. The molecule has 1 aliphatic rings. The number of amides is 2. The summed E-state index contributed by atoms with van der Waals surface area (Å²) in [5.74, 6) is -0.852. The number of carbonyl (C=O) groups excluding carboxylic acids is 2. The largest absolute Gasteiger partial charge is 0.391 e. The zero-order chi connectivity index (χ0) is 26.1. The van der Waals surface area contributed by atoms with Crippen molar-refractivity contribution in [2.75, 3.05) is 52.3 Å². The van der Waals surface area contributed by atoms with E-state index in [1.54, 1.807) is 27.1 Å². The van der Waals surface area contributed by atoms with Crippen molar-refractivity contribution >= 4 is 29.1 Å². The summed E-state index contributed by atoms with van der Waals surface area (Å²) in [6, 6.07) is 4.59. The van der Waals surface area contributed by atoms with Gasteiger partial charge in [-0.1, -0.05) is 11.6 Å². The van der Waals surface area contributed by atoms with Gasteiger partial charge in [0.1, 0.15) is 0 Å². The van der Waals surface area contributed by atoms with Crippen LogP contribution in [0.15, 0.2) is 23.4 Å². The van der Waals surface area contributed by atoms with E-state index < -0.39 is 5.91 Å². The van der Waals surface area contributed by atoms with Crippen molar-refractivity contribution in [2.45, 2.75) is 58.5 Å². The molecule has 4 N–H and O–H groups in total. The summed E-state index contributed by atoms with van der Waals surface area (Å²) in [4.78, 5) is 29.7. The molecule has 2 amide bonds. The Labute approximate surface area is 215 Å². The fourth-order valence-electron chi connectivity index (χ4n) is 4.87. The van der Waals surface area contributed by atoms with Crippen molar-refractivity contribution in [3.8, 4) is 0 Å². The quantitative estimate of drug-likeness (QED) is 0.376. The maximum atomic E-state index is 13.1. The van der Waals surface area contributed by atoms with E-state index in [0.717, 1.165) is 56.6 Å². The molecule has 0 heterocycles. The average Bonchev–Trinajstić information content (AvgIpc) is 2.84. The van der Waals surface area contributed by atoms with Crippen LogP contribution in [0.2, 0.25) is 5.02 Å². The van der Waals surface area contributed by atoms with Gasteiger partial charge in [0.15, 0.2) is 0 Å². The van der Waals surface area contributed by atoms with Crippen LogP contribution in [0.5, 0.6) is 0 Å². The summed E-state index contributed by atoms with van der Waals surface area (Å²) < 4.78 is 5.23. The smallest absolute Gasteiger partial charge is 0.251 e. The number of anilines is 1. The molecule has 9 heteroatoms. The number of nitrogens with zero attached hydrogens (tertiary/aromatic N) is 2. The molecule has 35 heavy (non-hydrogen) atoms. The Morgan fingerprint density at radius 2 is 1.83 bits per heavy atom. The second-order valence-corrected chi connectivity index (χ2v) is 9.66. The minimum atomic E-state index is -0.568. The number of carbonyl (C=O) groups is 2. The molecule has 0 aromatic heterocycles. The number of nitrogens with two attached hydrogens (primary N) is 1. The van der Waals surface area contributed by atoms with Crippen molar-refractivity contribution in [1.29, 1.82) is 0 Å². The van der Waals surface area contributed by atoms with E-state index in [4.69, 9.17) is 22.1 Å². The molecule has 196 valence electrons. The maximum absolute atomic E-state index is 13.1. The predicted octanol–water partition coefficient (Wildman–Crippen LogP) is 3.07. The predicted molar refractivity (Wildman–Crippen MR) is 143 cm³/mol. The monoisotopic (exact) mass is 507 g/mol. The van der Waals surface area contributed by atoms with Gasteiger partial charge in [0, 0.05) is 61.3 Å². The van der Waals surface area contributed by atoms with Crippen LogP contribution in [0.4, 0.5) is 5.69 Å². The summed E-state index contributed by atoms with van der Waals surface area (Å²) in [6.07, 6.45) is 4.42. The summed E-state index contributed by atoms with van der Waals surface area (Å²) in [6.45, 7) is 8.40. The Morgan fingerprint density at radius 1 is 1.20 bits per heavy atom. The van der Waals surface area contributed by atoms with Gasteiger partial charge in [-0.15, -0.1) is 0 Å². The molecule has 0 unspecified atom stereocenters. The fourth-order valence-corrected chi connectivity index (χ4v) is 5.08. The first kappa shape index (κ1) is 28.9. The Morgan fingerprint density at radius 3 is 2.37 bits per heavy atom. The van der Waals surface area contributed by atoms with Gasteiger partial charge in [0.05, 0.1) is 18.7 Å². The van der Waals surface area contributed by atoms with Gasteiger partial charge in [0.25, 0.3) is 5.91 Å². The number of rotatable bonds is 12. The van der Waals surface area contributed by atoms with E-state index in [0.29, 0.717) is 33.9 Å². The summed E-state index contributed by atoms with van der Waals surface area (Å²) in [5.41, 5.74) is 8.81. The molecule has 1 aromatic carbocycles. The van der Waals surface area contributed by atoms with Crippen molar-refractivity contribution in [2.24, 2.45) is 5.73 Å². The number of nitrogens with one attached hydrogen (secondary N) is 2. The van der Waals surface area contributed by atoms with Crippen LogP contribution in [0, 0.1) is 6.92 Å². The summed E-state index contributed by atoms with van der Waals surface area (Å²) in [7, 11) is 5.62. The first-order valence-electron chi connectivity index (χ1n) is 12.4. The first-order chi connectivity index (χ1) is 16.6. The van der Waals surface area contributed by atoms with Crippen LogP contribution >= 0.6 is 11.6 Å². The van der Waals surface area contributed by atoms with Gasteiger partial charge >= 0.3 is 0 Å². The lowest BCUT2D eigenvalue weighted by molar-refractivity contribution is -0.114. The van der Waals surface area contributed by atoms with E-state index >= 15 is 0 Å². The number of halogens is 1. The summed E-state index contributed by atoms with van der Waals surface area (Å²) in [5, 5.41) is 6.25. The number of hydrogen-bond acceptors (Lipinski definition) is 6. The topological polar surface area (TPSA) is 99.9 Å². The lowest BCUT2D eigenvalue weighted by Gasteiger charge is -2.41. The van der Waals surface area contributed by atoms with E-state index in [-0.39, 0.29) is 12.5 Å². The lowest BCUT2D eigenvalue weighted by Crippen LogP contribution is -2.44. The number of allylic oxidation sites excluding steroid dienone is 1. The van der Waals surface area contributed by atoms with Crippen LogP contribution in [-0.2, 0) is 9.53 Å². The third-order valence-electron chi connectivity index (χ3n) is 7.17. The molecular weight excluding hydrogens is 466 g/mol. The number of ether oxygens (including phenoxy) is 1. The Balaban J connectivity index is 2.19. The molecule has 0 aliphatic heterocycles. The highest BCUT2D eigenvalue weighted by Crippen LogP contribution is 2.34. The molecule has 2 rings (SSSR count). The number of primary amides is 1. The highest BCUT2D eigenvalue weighted by molar-refractivity contribution is 6.31. The second kappa shape index (κ2) is 13.7. The van der Waals surface area contributed by atoms with Crippen LogP contribution < -0.4 is 21.3 Å². The van der Waals surface area contributed by atoms with Gasteiger partial charge < -0.3 is 30.9 Å². The van der Waals surface area contributed by atoms with Gasteiger partial charge in [0.2, 0.25) is 5.91 Å². The van der Waals surface area contributed by atoms with Gasteiger partial charge in [-0.05, 0) is 71.2 Å². The third kappa shape index (κ3) is 7.59. The van der Waals surface area contributed by atoms with Crippen LogP contribution in [-0.4, -0.2) is 76.2 Å². The molecule has 0 atom stereocenters. The van der Waals surface area contributed by atoms with Crippen molar-refractivity contribution in [3.63, 3.8) is 0 Å². The fraction of sp³-hybridized carbons (Fsp3) is 0.615. The molecule has 0 bridgehead atoms. The summed E-state index contributed by atoms with van der Waals surface area (Å²) >= 11 is 6.49. The van der Waals surface area contributed by atoms with Crippen LogP contribution in [0.3, 0.4) is 0 Å². The standard InChI is InChI=1S/C26H42ClN5O3/c1-7-32(21-10-8-20(9-11-21)31(5)12-13-35-6)24-15-19(27)14-22(17(24)2)26(34)30-16-23(25(28)33)18(3)29-4/h14-15,20-21,29H,7-13,16H2,1-6H3,(H2,28,33)(H,30,34)/b23-18-. The van der Waals surface area contributed by atoms with E-state index in [1.165, 1.54) is 0 Å². The average molecular weight is 508 g/mol. The molecule has 0 radical (unpaired) electrons. The number of methoxy groups -OCH3 is 1. The van der Waals surface area contributed by atoms with Crippen molar-refractivity contribution in [3.05, 3.63) is 39.6 Å². The van der Waals surface area contributed by atoms with E-state index in [1.807, 2.05) is 13.0 Å². The first-order valence-corrected chi connectivity index (χ1v) is 12.7. The van der Waals surface area contributed by atoms with Crippen LogP contribution in [0.1, 0.15) is 55.5 Å². The number of benzene rings is 1. The Bertz CT molecular complexity index is 912. The molecule has 8 nitrogen and oxygen atoms in total. The van der Waals surface area contributed by atoms with E-state index in [9.17, 15) is 9.59 Å². The van der Waals surface area contributed by atoms with Gasteiger partial charge in [-0.2, -0.15) is 0 Å². The minimum Gasteiger partial charge on any atom is -0.391 e. The number of likely N-dealkylation sites (N-methyl/N-ethyl adjacent to an activating group) is 1. The van der Waals surface area contributed by atoms with Gasteiger partial charge in [-0.25, -0.2) is 0 Å². The molecule has 1 fully saturated rings. The second-order valence-electron chi connectivity index (χ2n) is 9.22. The minimum absolute atomic E-state index is 0.0419. The zero-order valence-electron chi connectivity index (χ0n) is 22.0. The molecule has 1 saturated carbocycles. The van der Waals surface area contributed by atoms with Gasteiger partial charge in [-0.3, -0.25) is 9.59 Å². The molecule has 1 aromatic rings. The third-order valence-corrected chi connectivity index (χ3v) is 7.39. The highest BCUT2D eigenvalue weighted by Gasteiger charge is 2.29. The zero-order valence-corrected chi connectivity index (χ0v) is 22.8.